The quantitative estimate of drug-likeness (QED) is 0.198. The highest BCUT2D eigenvalue weighted by atomic mass is 16.7. The minimum atomic E-state index is -1.68. The van der Waals surface area contributed by atoms with Gasteiger partial charge < -0.3 is 64.2 Å². The van der Waals surface area contributed by atoms with E-state index in [0.29, 0.717) is 5.56 Å². The van der Waals surface area contributed by atoms with Crippen molar-refractivity contribution in [2.75, 3.05) is 27.4 Å². The molecule has 0 aromatic heterocycles. The summed E-state index contributed by atoms with van der Waals surface area (Å²) in [6.45, 7) is -0.999. The molecule has 9 atom stereocenters. The Hall–Kier alpha value is -1.78. The molecule has 2 aliphatic heterocycles. The topological polar surface area (TPSA) is 197 Å². The lowest BCUT2D eigenvalue weighted by atomic mass is 9.99. The molecule has 0 aliphatic carbocycles. The maximum atomic E-state index is 10.4. The fraction of sp³-hybridized carbons (Fsp3) is 0.700. The highest BCUT2D eigenvalue weighted by Crippen LogP contribution is 2.40. The first-order valence-corrected chi connectivity index (χ1v) is 10.2. The van der Waals surface area contributed by atoms with Crippen molar-refractivity contribution < 1.29 is 64.2 Å². The number of hydrogen-bond donors (Lipinski definition) is 7. The Bertz CT molecular complexity index is 751. The molecule has 0 amide bonds. The lowest BCUT2D eigenvalue weighted by Crippen LogP contribution is -2.61. The van der Waals surface area contributed by atoms with Gasteiger partial charge in [0.2, 0.25) is 12.0 Å². The molecule has 3 rings (SSSR count). The van der Waals surface area contributed by atoms with E-state index in [2.05, 4.69) is 0 Å². The largest absolute Gasteiger partial charge is 0.493 e. The van der Waals surface area contributed by atoms with Gasteiger partial charge in [0.1, 0.15) is 42.7 Å². The summed E-state index contributed by atoms with van der Waals surface area (Å²) in [5.74, 6) is 0.343. The molecule has 33 heavy (non-hydrogen) atoms. The molecule has 0 bridgehead atoms. The normalized spacial score (nSPS) is 36.9. The van der Waals surface area contributed by atoms with Gasteiger partial charge in [-0.2, -0.15) is 0 Å². The molecule has 0 saturated carbocycles. The predicted octanol–water partition coefficient (Wildman–Crippen LogP) is -3.16. The highest BCUT2D eigenvalue weighted by Gasteiger charge is 2.47. The van der Waals surface area contributed by atoms with Crippen LogP contribution >= 0.6 is 0 Å². The second-order valence-electron chi connectivity index (χ2n) is 7.70. The molecule has 2 heterocycles. The standard InChI is InChI=1S/C20H30O13/c1-28-10-3-8(5-21)4-11(29-2)18(10)33-20-17(27)15(25)14(24)12(32-20)7-31-19-16(26)13(23)9(22)6-30-19/h3-4,9,12-17,19-27H,5-7H2,1-2H3/t9-,12-,13+,14-,15+,16-,17-,19+,20+/m1/s1. The number of ether oxygens (including phenoxy) is 6. The molecule has 2 aliphatic rings. The third-order valence-electron chi connectivity index (χ3n) is 5.48. The summed E-state index contributed by atoms with van der Waals surface area (Å²) in [5.41, 5.74) is 0.473. The van der Waals surface area contributed by atoms with Gasteiger partial charge >= 0.3 is 0 Å². The third kappa shape index (κ3) is 5.49. The van der Waals surface area contributed by atoms with E-state index in [9.17, 15) is 35.7 Å². The fourth-order valence-electron chi connectivity index (χ4n) is 3.52. The van der Waals surface area contributed by atoms with E-state index in [4.69, 9.17) is 28.4 Å². The van der Waals surface area contributed by atoms with E-state index < -0.39 is 61.9 Å². The van der Waals surface area contributed by atoms with E-state index >= 15 is 0 Å². The Labute approximate surface area is 189 Å². The van der Waals surface area contributed by atoms with Crippen molar-refractivity contribution in [3.63, 3.8) is 0 Å². The van der Waals surface area contributed by atoms with Crippen molar-refractivity contribution in [3.8, 4) is 17.2 Å². The van der Waals surface area contributed by atoms with Crippen molar-refractivity contribution in [2.45, 2.75) is 61.9 Å². The summed E-state index contributed by atoms with van der Waals surface area (Å²) < 4.78 is 32.3. The summed E-state index contributed by atoms with van der Waals surface area (Å²) >= 11 is 0. The van der Waals surface area contributed by atoms with Crippen LogP contribution in [-0.2, 0) is 20.8 Å². The van der Waals surface area contributed by atoms with Gasteiger partial charge in [-0.05, 0) is 17.7 Å². The summed E-state index contributed by atoms with van der Waals surface area (Å²) in [7, 11) is 2.72. The molecule has 0 spiro atoms. The Morgan fingerprint density at radius 3 is 2.03 bits per heavy atom. The van der Waals surface area contributed by atoms with Gasteiger partial charge in [-0.25, -0.2) is 0 Å². The number of methoxy groups -OCH3 is 2. The van der Waals surface area contributed by atoms with Crippen LogP contribution in [0.4, 0.5) is 0 Å². The van der Waals surface area contributed by atoms with Gasteiger partial charge in [-0.1, -0.05) is 0 Å². The second kappa shape index (κ2) is 11.1. The van der Waals surface area contributed by atoms with Gasteiger partial charge in [0, 0.05) is 0 Å². The lowest BCUT2D eigenvalue weighted by Gasteiger charge is -2.41. The van der Waals surface area contributed by atoms with Gasteiger partial charge in [0.25, 0.3) is 0 Å². The highest BCUT2D eigenvalue weighted by molar-refractivity contribution is 5.53. The van der Waals surface area contributed by atoms with E-state index in [1.54, 1.807) is 0 Å². The number of aliphatic hydroxyl groups is 7. The van der Waals surface area contributed by atoms with Crippen LogP contribution in [0.2, 0.25) is 0 Å². The van der Waals surface area contributed by atoms with E-state index in [1.807, 2.05) is 0 Å². The monoisotopic (exact) mass is 478 g/mol. The SMILES string of the molecule is COc1cc(CO)cc(OC)c1O[C@@H]1O[C@H](CO[C@@H]2OC[C@@H](O)[C@H](O)[C@H]2O)[C@@H](O)[C@H](O)[C@H]1O. The van der Waals surface area contributed by atoms with E-state index in [1.165, 1.54) is 26.4 Å². The van der Waals surface area contributed by atoms with Gasteiger partial charge in [-0.3, -0.25) is 0 Å². The van der Waals surface area contributed by atoms with Crippen LogP contribution in [-0.4, -0.2) is 118 Å². The average molecular weight is 478 g/mol. The Morgan fingerprint density at radius 2 is 1.45 bits per heavy atom. The van der Waals surface area contributed by atoms with E-state index in [0.717, 1.165) is 0 Å². The number of hydrogen-bond acceptors (Lipinski definition) is 13. The number of rotatable bonds is 8. The molecule has 0 radical (unpaired) electrons. The predicted molar refractivity (Wildman–Crippen MR) is 106 cm³/mol. The van der Waals surface area contributed by atoms with Crippen LogP contribution in [0.25, 0.3) is 0 Å². The van der Waals surface area contributed by atoms with Crippen LogP contribution in [0.3, 0.4) is 0 Å². The van der Waals surface area contributed by atoms with Crippen LogP contribution in [0.15, 0.2) is 12.1 Å². The molecule has 0 unspecified atom stereocenters. The zero-order chi connectivity index (χ0) is 24.3. The second-order valence-corrected chi connectivity index (χ2v) is 7.70. The maximum absolute atomic E-state index is 10.4. The third-order valence-corrected chi connectivity index (χ3v) is 5.48. The zero-order valence-electron chi connectivity index (χ0n) is 18.1. The van der Waals surface area contributed by atoms with Crippen molar-refractivity contribution >= 4 is 0 Å². The van der Waals surface area contributed by atoms with Crippen molar-refractivity contribution in [2.24, 2.45) is 0 Å². The molecule has 13 nitrogen and oxygen atoms in total. The minimum Gasteiger partial charge on any atom is -0.493 e. The van der Waals surface area contributed by atoms with Gasteiger partial charge in [-0.15, -0.1) is 0 Å². The van der Waals surface area contributed by atoms with Crippen molar-refractivity contribution in [1.82, 2.24) is 0 Å². The van der Waals surface area contributed by atoms with Crippen LogP contribution in [0.5, 0.6) is 17.2 Å². The molecular weight excluding hydrogens is 448 g/mol. The van der Waals surface area contributed by atoms with Crippen molar-refractivity contribution in [3.05, 3.63) is 17.7 Å². The number of benzene rings is 1. The molecule has 2 fully saturated rings. The van der Waals surface area contributed by atoms with Crippen LogP contribution in [0, 0.1) is 0 Å². The first-order chi connectivity index (χ1) is 15.7. The Morgan fingerprint density at radius 1 is 0.848 bits per heavy atom. The van der Waals surface area contributed by atoms with Crippen molar-refractivity contribution in [1.29, 1.82) is 0 Å². The molecule has 13 heteroatoms. The first kappa shape index (κ1) is 25.8. The fourth-order valence-corrected chi connectivity index (χ4v) is 3.52. The smallest absolute Gasteiger partial charge is 0.229 e. The van der Waals surface area contributed by atoms with Gasteiger partial charge in [0.05, 0.1) is 34.0 Å². The summed E-state index contributed by atoms with van der Waals surface area (Å²) in [6.07, 6.45) is -13.3. The van der Waals surface area contributed by atoms with E-state index in [-0.39, 0.29) is 30.5 Å². The summed E-state index contributed by atoms with van der Waals surface area (Å²) in [4.78, 5) is 0. The molecular formula is C20H30O13. The minimum absolute atomic E-state index is 0.0210. The molecule has 2 saturated heterocycles. The zero-order valence-corrected chi connectivity index (χ0v) is 18.1. The average Bonchev–Trinajstić information content (AvgIpc) is 2.82. The molecule has 188 valence electrons. The Kier molecular flexibility index (Phi) is 8.69. The Balaban J connectivity index is 1.74. The van der Waals surface area contributed by atoms with Gasteiger partial charge in [0.15, 0.2) is 17.8 Å². The first-order valence-electron chi connectivity index (χ1n) is 10.2. The maximum Gasteiger partial charge on any atom is 0.229 e. The van der Waals surface area contributed by atoms with Crippen LogP contribution in [0.1, 0.15) is 5.56 Å². The summed E-state index contributed by atoms with van der Waals surface area (Å²) in [6, 6.07) is 2.97. The summed E-state index contributed by atoms with van der Waals surface area (Å²) in [5, 5.41) is 69.6. The molecule has 7 N–H and O–H groups in total. The lowest BCUT2D eigenvalue weighted by molar-refractivity contribution is -0.307. The molecule has 1 aromatic rings. The van der Waals surface area contributed by atoms with Crippen LogP contribution < -0.4 is 14.2 Å². The number of aliphatic hydroxyl groups excluding tert-OH is 7. The molecule has 1 aromatic carbocycles.